The number of hydrazine groups is 1. The normalized spacial score (nSPS) is 15.8. The van der Waals surface area contributed by atoms with Gasteiger partial charge in [-0.25, -0.2) is 10.8 Å². The molecule has 0 radical (unpaired) electrons. The van der Waals surface area contributed by atoms with E-state index >= 15 is 0 Å². The summed E-state index contributed by atoms with van der Waals surface area (Å²) in [5.74, 6) is 6.66. The first-order valence-electron chi connectivity index (χ1n) is 5.74. The summed E-state index contributed by atoms with van der Waals surface area (Å²) in [7, 11) is 0. The van der Waals surface area contributed by atoms with Crippen LogP contribution in [0.4, 0.5) is 5.82 Å². The van der Waals surface area contributed by atoms with E-state index in [1.54, 1.807) is 12.4 Å². The van der Waals surface area contributed by atoms with Crippen LogP contribution in [0.2, 0.25) is 0 Å². The van der Waals surface area contributed by atoms with Crippen LogP contribution in [0, 0.1) is 5.92 Å². The van der Waals surface area contributed by atoms with Gasteiger partial charge < -0.3 is 10.2 Å². The van der Waals surface area contributed by atoms with Gasteiger partial charge in [0.05, 0.1) is 24.7 Å². The second-order valence-corrected chi connectivity index (χ2v) is 4.18. The van der Waals surface area contributed by atoms with Crippen molar-refractivity contribution in [1.82, 2.24) is 9.97 Å². The maximum atomic E-state index is 5.55. The third-order valence-corrected chi connectivity index (χ3v) is 3.00. The molecule has 0 aliphatic heterocycles. The highest BCUT2D eigenvalue weighted by Gasteiger charge is 2.16. The van der Waals surface area contributed by atoms with E-state index in [9.17, 15) is 0 Å². The summed E-state index contributed by atoms with van der Waals surface area (Å²) in [5, 5.41) is 0. The van der Waals surface area contributed by atoms with Crippen molar-refractivity contribution in [3.8, 4) is 0 Å². The highest BCUT2D eigenvalue weighted by Crippen LogP contribution is 2.29. The predicted octanol–water partition coefficient (Wildman–Crippen LogP) is 1.47. The Labute approximate surface area is 95.4 Å². The minimum atomic E-state index is 0.532. The Hall–Kier alpha value is -1.20. The molecule has 1 fully saturated rings. The molecule has 1 aromatic heterocycles. The van der Waals surface area contributed by atoms with Crippen LogP contribution in [0.5, 0.6) is 0 Å². The molecule has 1 aliphatic rings. The average Bonchev–Trinajstić information content (AvgIpc) is 2.27. The lowest BCUT2D eigenvalue weighted by molar-refractivity contribution is 0.0927. The number of nitrogens with two attached hydrogens (primary N) is 1. The van der Waals surface area contributed by atoms with Crippen molar-refractivity contribution in [2.45, 2.75) is 32.3 Å². The molecular weight excluding hydrogens is 204 g/mol. The fraction of sp³-hybridized carbons (Fsp3) is 0.636. The predicted molar refractivity (Wildman–Crippen MR) is 61.5 cm³/mol. The summed E-state index contributed by atoms with van der Waals surface area (Å²) >= 11 is 0. The number of hydrogen-bond acceptors (Lipinski definition) is 5. The van der Waals surface area contributed by atoms with E-state index in [-0.39, 0.29) is 0 Å². The van der Waals surface area contributed by atoms with Gasteiger partial charge in [0.15, 0.2) is 5.82 Å². The smallest absolute Gasteiger partial charge is 0.158 e. The summed E-state index contributed by atoms with van der Waals surface area (Å²) in [5.41, 5.74) is 3.28. The summed E-state index contributed by atoms with van der Waals surface area (Å²) in [6.07, 6.45) is 8.60. The van der Waals surface area contributed by atoms with Gasteiger partial charge >= 0.3 is 0 Å². The first kappa shape index (κ1) is 11.3. The number of aromatic nitrogens is 2. The first-order valence-corrected chi connectivity index (χ1v) is 5.74. The molecule has 5 nitrogen and oxygen atoms in total. The topological polar surface area (TPSA) is 73.1 Å². The van der Waals surface area contributed by atoms with E-state index in [4.69, 9.17) is 10.6 Å². The molecule has 16 heavy (non-hydrogen) atoms. The number of nitrogens with zero attached hydrogens (tertiary/aromatic N) is 2. The summed E-state index contributed by atoms with van der Waals surface area (Å²) in [6.45, 7) is 1.35. The van der Waals surface area contributed by atoms with Gasteiger partial charge in [-0.3, -0.25) is 4.98 Å². The molecule has 0 bridgehead atoms. The lowest BCUT2D eigenvalue weighted by Gasteiger charge is -2.24. The molecule has 0 aromatic carbocycles. The van der Waals surface area contributed by atoms with Gasteiger partial charge in [0, 0.05) is 6.61 Å². The maximum Gasteiger partial charge on any atom is 0.158 e. The van der Waals surface area contributed by atoms with Crippen LogP contribution in [0.25, 0.3) is 0 Å². The molecule has 0 unspecified atom stereocenters. The monoisotopic (exact) mass is 222 g/mol. The van der Waals surface area contributed by atoms with Crippen molar-refractivity contribution < 1.29 is 4.74 Å². The van der Waals surface area contributed by atoms with Crippen LogP contribution in [-0.2, 0) is 11.3 Å². The Morgan fingerprint density at radius 1 is 1.38 bits per heavy atom. The molecule has 1 saturated carbocycles. The van der Waals surface area contributed by atoms with E-state index in [2.05, 4.69) is 15.4 Å². The summed E-state index contributed by atoms with van der Waals surface area (Å²) < 4.78 is 5.55. The molecule has 5 heteroatoms. The van der Waals surface area contributed by atoms with Crippen molar-refractivity contribution in [3.63, 3.8) is 0 Å². The molecule has 1 aliphatic carbocycles. The number of rotatable bonds is 6. The van der Waals surface area contributed by atoms with Crippen LogP contribution in [-0.4, -0.2) is 16.6 Å². The number of anilines is 1. The zero-order valence-electron chi connectivity index (χ0n) is 9.35. The minimum Gasteiger partial charge on any atom is -0.375 e. The Kier molecular flexibility index (Phi) is 4.07. The van der Waals surface area contributed by atoms with Crippen molar-refractivity contribution >= 4 is 5.82 Å². The number of ether oxygens (including phenoxy) is 1. The minimum absolute atomic E-state index is 0.532. The second kappa shape index (κ2) is 5.77. The zero-order valence-corrected chi connectivity index (χ0v) is 9.35. The van der Waals surface area contributed by atoms with Crippen LogP contribution in [0.15, 0.2) is 12.4 Å². The molecule has 0 atom stereocenters. The van der Waals surface area contributed by atoms with Crippen molar-refractivity contribution in [1.29, 1.82) is 0 Å². The summed E-state index contributed by atoms with van der Waals surface area (Å²) in [6, 6.07) is 0. The van der Waals surface area contributed by atoms with Crippen LogP contribution in [0.3, 0.4) is 0 Å². The number of nitrogen functional groups attached to an aromatic ring is 1. The highest BCUT2D eigenvalue weighted by atomic mass is 16.5. The van der Waals surface area contributed by atoms with Crippen LogP contribution in [0.1, 0.15) is 31.4 Å². The first-order chi connectivity index (χ1) is 7.88. The lowest BCUT2D eigenvalue weighted by atomic mass is 9.83. The number of hydrogen-bond donors (Lipinski definition) is 2. The van der Waals surface area contributed by atoms with Crippen LogP contribution >= 0.6 is 0 Å². The van der Waals surface area contributed by atoms with E-state index in [1.807, 2.05) is 0 Å². The van der Waals surface area contributed by atoms with Crippen molar-refractivity contribution in [3.05, 3.63) is 18.1 Å². The standard InChI is InChI=1S/C11H18N4O/c12-15-11-7-13-10(6-14-11)8-16-5-4-9-2-1-3-9/h6-7,9H,1-5,8,12H2,(H,14,15). The molecule has 0 amide bonds. The molecule has 0 saturated heterocycles. The van der Waals surface area contributed by atoms with Crippen molar-refractivity contribution in [2.75, 3.05) is 12.0 Å². The fourth-order valence-electron chi connectivity index (χ4n) is 1.71. The third-order valence-electron chi connectivity index (χ3n) is 3.00. The van der Waals surface area contributed by atoms with Gasteiger partial charge in [0.25, 0.3) is 0 Å². The van der Waals surface area contributed by atoms with Gasteiger partial charge in [-0.2, -0.15) is 0 Å². The Morgan fingerprint density at radius 3 is 2.81 bits per heavy atom. The van der Waals surface area contributed by atoms with E-state index in [0.29, 0.717) is 12.4 Å². The Bertz CT molecular complexity index is 310. The fourth-order valence-corrected chi connectivity index (χ4v) is 1.71. The highest BCUT2D eigenvalue weighted by molar-refractivity contribution is 5.28. The third kappa shape index (κ3) is 3.15. The number of nitrogens with one attached hydrogen (secondary N) is 1. The van der Waals surface area contributed by atoms with E-state index < -0.39 is 0 Å². The molecule has 0 spiro atoms. The Morgan fingerprint density at radius 2 is 2.25 bits per heavy atom. The molecule has 88 valence electrons. The molecule has 1 heterocycles. The van der Waals surface area contributed by atoms with Crippen LogP contribution < -0.4 is 11.3 Å². The lowest BCUT2D eigenvalue weighted by Crippen LogP contribution is -2.13. The molecular formula is C11H18N4O. The average molecular weight is 222 g/mol. The maximum absolute atomic E-state index is 5.55. The molecule has 1 aromatic rings. The Balaban J connectivity index is 1.64. The SMILES string of the molecule is NNc1cnc(COCCC2CCC2)cn1. The van der Waals surface area contributed by atoms with Gasteiger partial charge in [0.1, 0.15) is 0 Å². The van der Waals surface area contributed by atoms with Gasteiger partial charge in [0.2, 0.25) is 0 Å². The largest absolute Gasteiger partial charge is 0.375 e. The molecule has 3 N–H and O–H groups in total. The van der Waals surface area contributed by atoms with Gasteiger partial charge in [-0.15, -0.1) is 0 Å². The van der Waals surface area contributed by atoms with Gasteiger partial charge in [-0.05, 0) is 12.3 Å². The zero-order chi connectivity index (χ0) is 11.2. The van der Waals surface area contributed by atoms with Crippen molar-refractivity contribution in [2.24, 2.45) is 11.8 Å². The summed E-state index contributed by atoms with van der Waals surface area (Å²) in [4.78, 5) is 8.23. The molecule has 2 rings (SSSR count). The van der Waals surface area contributed by atoms with E-state index in [0.717, 1.165) is 18.2 Å². The second-order valence-electron chi connectivity index (χ2n) is 4.18. The van der Waals surface area contributed by atoms with E-state index in [1.165, 1.54) is 25.7 Å². The quantitative estimate of drug-likeness (QED) is 0.433. The van der Waals surface area contributed by atoms with Gasteiger partial charge in [-0.1, -0.05) is 19.3 Å².